The van der Waals surface area contributed by atoms with Crippen LogP contribution in [0.1, 0.15) is 11.3 Å². The third kappa shape index (κ3) is 2.89. The summed E-state index contributed by atoms with van der Waals surface area (Å²) in [5.74, 6) is 0. The van der Waals surface area contributed by atoms with Crippen molar-refractivity contribution in [2.75, 3.05) is 0 Å². The number of aromatic nitrogens is 1. The molecule has 0 radical (unpaired) electrons. The fourth-order valence-corrected chi connectivity index (χ4v) is 2.61. The van der Waals surface area contributed by atoms with E-state index in [1.807, 2.05) is 36.4 Å². The molecule has 0 saturated carbocycles. The monoisotopic (exact) mass is 354 g/mol. The number of rotatable bonds is 3. The van der Waals surface area contributed by atoms with Crippen LogP contribution < -0.4 is 0 Å². The molecule has 0 aliphatic carbocycles. The Bertz CT molecular complexity index is 891. The lowest BCUT2D eigenvalue weighted by atomic mass is 10.1. The molecular formula is C17H11BrN2O2. The van der Waals surface area contributed by atoms with Gasteiger partial charge in [0.15, 0.2) is 0 Å². The van der Waals surface area contributed by atoms with Crippen molar-refractivity contribution < 1.29 is 4.92 Å². The summed E-state index contributed by atoms with van der Waals surface area (Å²) in [5, 5.41) is 11.6. The highest BCUT2D eigenvalue weighted by atomic mass is 79.9. The van der Waals surface area contributed by atoms with E-state index in [4.69, 9.17) is 0 Å². The molecule has 0 N–H and O–H groups in total. The molecule has 0 atom stereocenters. The third-order valence-corrected chi connectivity index (χ3v) is 3.99. The molecule has 2 aromatic carbocycles. The molecule has 0 aliphatic heterocycles. The number of fused-ring (bicyclic) bond motifs is 1. The van der Waals surface area contributed by atoms with Gasteiger partial charge in [-0.25, -0.2) is 4.98 Å². The summed E-state index contributed by atoms with van der Waals surface area (Å²) in [7, 11) is 0. The van der Waals surface area contributed by atoms with Gasteiger partial charge in [0.1, 0.15) is 0 Å². The Kier molecular flexibility index (Phi) is 3.98. The molecule has 5 heteroatoms. The number of pyridine rings is 1. The van der Waals surface area contributed by atoms with Crippen molar-refractivity contribution in [2.24, 2.45) is 0 Å². The quantitative estimate of drug-likeness (QED) is 0.487. The van der Waals surface area contributed by atoms with Crippen molar-refractivity contribution in [3.8, 4) is 0 Å². The topological polar surface area (TPSA) is 56.0 Å². The van der Waals surface area contributed by atoms with Crippen LogP contribution >= 0.6 is 15.9 Å². The van der Waals surface area contributed by atoms with Crippen molar-refractivity contribution in [2.45, 2.75) is 0 Å². The maximum atomic E-state index is 11.0. The van der Waals surface area contributed by atoms with Gasteiger partial charge in [0.2, 0.25) is 0 Å². The van der Waals surface area contributed by atoms with E-state index >= 15 is 0 Å². The maximum Gasteiger partial charge on any atom is 0.278 e. The van der Waals surface area contributed by atoms with E-state index in [0.717, 1.165) is 15.7 Å². The minimum absolute atomic E-state index is 0.0753. The van der Waals surface area contributed by atoms with Crippen molar-refractivity contribution in [3.05, 3.63) is 80.4 Å². The molecule has 0 unspecified atom stereocenters. The minimum atomic E-state index is -0.388. The second-order valence-electron chi connectivity index (χ2n) is 4.69. The van der Waals surface area contributed by atoms with E-state index in [2.05, 4.69) is 20.9 Å². The lowest BCUT2D eigenvalue weighted by molar-refractivity contribution is -0.383. The zero-order chi connectivity index (χ0) is 15.5. The van der Waals surface area contributed by atoms with Crippen LogP contribution in [0.3, 0.4) is 0 Å². The predicted octanol–water partition coefficient (Wildman–Crippen LogP) is 5.08. The van der Waals surface area contributed by atoms with Gasteiger partial charge in [0.05, 0.1) is 21.5 Å². The lowest BCUT2D eigenvalue weighted by Crippen LogP contribution is -1.91. The molecule has 1 heterocycles. The first-order valence-electron chi connectivity index (χ1n) is 6.62. The molecule has 3 rings (SSSR count). The van der Waals surface area contributed by atoms with Crippen LogP contribution in [0.25, 0.3) is 23.1 Å². The van der Waals surface area contributed by atoms with Crippen molar-refractivity contribution in [1.29, 1.82) is 0 Å². The Morgan fingerprint density at radius 1 is 1.00 bits per heavy atom. The number of hydrogen-bond donors (Lipinski definition) is 0. The van der Waals surface area contributed by atoms with E-state index in [9.17, 15) is 10.1 Å². The van der Waals surface area contributed by atoms with Crippen LogP contribution in [0.4, 0.5) is 5.69 Å². The molecule has 0 spiro atoms. The molecule has 108 valence electrons. The zero-order valence-corrected chi connectivity index (χ0v) is 13.0. The molecule has 3 aromatic rings. The van der Waals surface area contributed by atoms with E-state index in [-0.39, 0.29) is 10.6 Å². The Hall–Kier alpha value is -2.53. The first-order chi connectivity index (χ1) is 10.6. The van der Waals surface area contributed by atoms with E-state index in [1.165, 1.54) is 6.07 Å². The Morgan fingerprint density at radius 2 is 1.82 bits per heavy atom. The van der Waals surface area contributed by atoms with Crippen LogP contribution in [-0.2, 0) is 0 Å². The lowest BCUT2D eigenvalue weighted by Gasteiger charge is -2.01. The minimum Gasteiger partial charge on any atom is -0.258 e. The average Bonchev–Trinajstić information content (AvgIpc) is 2.53. The second kappa shape index (κ2) is 6.07. The second-order valence-corrected chi connectivity index (χ2v) is 5.55. The van der Waals surface area contributed by atoms with Gasteiger partial charge >= 0.3 is 0 Å². The zero-order valence-electron chi connectivity index (χ0n) is 11.4. The molecule has 22 heavy (non-hydrogen) atoms. The summed E-state index contributed by atoms with van der Waals surface area (Å²) in [6.07, 6.45) is 3.84. The number of benzene rings is 2. The van der Waals surface area contributed by atoms with Crippen LogP contribution in [0.2, 0.25) is 0 Å². The van der Waals surface area contributed by atoms with Crippen molar-refractivity contribution >= 4 is 44.7 Å². The summed E-state index contributed by atoms with van der Waals surface area (Å²) in [6, 6.07) is 16.3. The molecule has 4 nitrogen and oxygen atoms in total. The molecule has 0 aliphatic rings. The maximum absolute atomic E-state index is 11.0. The van der Waals surface area contributed by atoms with Gasteiger partial charge in [-0.2, -0.15) is 0 Å². The van der Waals surface area contributed by atoms with Gasteiger partial charge in [-0.1, -0.05) is 46.3 Å². The molecule has 1 aromatic heterocycles. The smallest absolute Gasteiger partial charge is 0.258 e. The fraction of sp³-hybridized carbons (Fsp3) is 0. The predicted molar refractivity (Wildman–Crippen MR) is 91.5 cm³/mol. The number of non-ortho nitro benzene ring substituents is 1. The van der Waals surface area contributed by atoms with Gasteiger partial charge in [0, 0.05) is 10.5 Å². The number of nitro groups is 1. The first kappa shape index (κ1) is 14.4. The fourth-order valence-electron chi connectivity index (χ4n) is 2.19. The van der Waals surface area contributed by atoms with Crippen LogP contribution in [0.15, 0.2) is 59.1 Å². The van der Waals surface area contributed by atoms with Gasteiger partial charge in [0.25, 0.3) is 5.69 Å². The van der Waals surface area contributed by atoms with E-state index in [0.29, 0.717) is 10.9 Å². The number of nitro benzene ring substituents is 1. The standard InChI is InChI=1S/C17H11BrN2O2/c18-15-5-2-1-4-12(15)8-9-13-10-11-14-16(19-13)6-3-7-17(14)20(21)22/h1-11H. The first-order valence-corrected chi connectivity index (χ1v) is 7.41. The third-order valence-electron chi connectivity index (χ3n) is 3.27. The highest BCUT2D eigenvalue weighted by molar-refractivity contribution is 9.10. The highest BCUT2D eigenvalue weighted by Crippen LogP contribution is 2.25. The summed E-state index contributed by atoms with van der Waals surface area (Å²) in [5.41, 5.74) is 2.49. The SMILES string of the molecule is O=[N+]([O-])c1cccc2nc(C=Cc3ccccc3Br)ccc12. The molecular weight excluding hydrogens is 344 g/mol. The van der Waals surface area contributed by atoms with E-state index in [1.54, 1.807) is 24.3 Å². The summed E-state index contributed by atoms with van der Waals surface area (Å²) < 4.78 is 1.00. The average molecular weight is 355 g/mol. The van der Waals surface area contributed by atoms with Crippen molar-refractivity contribution in [1.82, 2.24) is 4.98 Å². The highest BCUT2D eigenvalue weighted by Gasteiger charge is 2.11. The van der Waals surface area contributed by atoms with Gasteiger partial charge in [-0.15, -0.1) is 0 Å². The molecule has 0 fully saturated rings. The van der Waals surface area contributed by atoms with E-state index < -0.39 is 0 Å². The molecule has 0 bridgehead atoms. The number of nitrogens with zero attached hydrogens (tertiary/aromatic N) is 2. The number of hydrogen-bond acceptors (Lipinski definition) is 3. The molecule has 0 saturated heterocycles. The largest absolute Gasteiger partial charge is 0.278 e. The van der Waals surface area contributed by atoms with Crippen LogP contribution in [0.5, 0.6) is 0 Å². The van der Waals surface area contributed by atoms with Crippen molar-refractivity contribution in [3.63, 3.8) is 0 Å². The van der Waals surface area contributed by atoms with Gasteiger partial charge in [-0.05, 0) is 35.9 Å². The number of halogens is 1. The summed E-state index contributed by atoms with van der Waals surface area (Å²) in [6.45, 7) is 0. The Morgan fingerprint density at radius 3 is 2.59 bits per heavy atom. The van der Waals surface area contributed by atoms with Gasteiger partial charge < -0.3 is 0 Å². The van der Waals surface area contributed by atoms with Crippen LogP contribution in [-0.4, -0.2) is 9.91 Å². The van der Waals surface area contributed by atoms with Gasteiger partial charge in [-0.3, -0.25) is 10.1 Å². The van der Waals surface area contributed by atoms with Crippen LogP contribution in [0, 0.1) is 10.1 Å². The molecule has 0 amide bonds. The Balaban J connectivity index is 2.00. The Labute approximate surface area is 135 Å². The summed E-state index contributed by atoms with van der Waals surface area (Å²) in [4.78, 5) is 15.1. The normalized spacial score (nSPS) is 11.1. The summed E-state index contributed by atoms with van der Waals surface area (Å²) >= 11 is 3.49.